The van der Waals surface area contributed by atoms with Crippen LogP contribution in [0.25, 0.3) is 66.4 Å². The van der Waals surface area contributed by atoms with Crippen LogP contribution in [0.4, 0.5) is 17.1 Å². The van der Waals surface area contributed by atoms with E-state index in [4.69, 9.17) is 4.42 Å². The number of para-hydroxylation sites is 2. The fourth-order valence-electron chi connectivity index (χ4n) is 11.2. The number of nitrogens with zero attached hydrogens (tertiary/aromatic N) is 1. The van der Waals surface area contributed by atoms with E-state index in [2.05, 4.69) is 219 Å². The van der Waals surface area contributed by atoms with Gasteiger partial charge >= 0.3 is 0 Å². The average Bonchev–Trinajstić information content (AvgIpc) is 3.99. The standard InChI is InChI=1S/C58H39NO/c1-57(2)48-20-10-6-16-41(48)43-30-26-37(34-52(43)57)36-24-27-39(28-25-36)59(38-14-4-3-5-15-38)40-29-31-44-42-17-7-11-21-49(42)58(53(44)35-40)50-22-12-8-19-47(50)55-51(58)33-32-46-45-18-9-13-23-54(45)60-56(46)55/h3-35H,1-2H3. The Morgan fingerprint density at radius 2 is 0.933 bits per heavy atom. The highest BCUT2D eigenvalue weighted by molar-refractivity contribution is 6.13. The van der Waals surface area contributed by atoms with Gasteiger partial charge < -0.3 is 9.32 Å². The summed E-state index contributed by atoms with van der Waals surface area (Å²) >= 11 is 0. The van der Waals surface area contributed by atoms with E-state index in [1.165, 1.54) is 77.9 Å². The number of hydrogen-bond donors (Lipinski definition) is 0. The third-order valence-electron chi connectivity index (χ3n) is 13.9. The van der Waals surface area contributed by atoms with Crippen LogP contribution in [0.2, 0.25) is 0 Å². The molecule has 3 aliphatic carbocycles. The van der Waals surface area contributed by atoms with Gasteiger partial charge in [0.2, 0.25) is 0 Å². The first-order chi connectivity index (χ1) is 29.5. The summed E-state index contributed by atoms with van der Waals surface area (Å²) < 4.78 is 6.79. The van der Waals surface area contributed by atoms with Crippen LogP contribution in [0.1, 0.15) is 47.2 Å². The van der Waals surface area contributed by atoms with Crippen LogP contribution in [0.5, 0.6) is 0 Å². The zero-order valence-corrected chi connectivity index (χ0v) is 33.4. The lowest BCUT2D eigenvalue weighted by Crippen LogP contribution is -2.26. The molecule has 282 valence electrons. The van der Waals surface area contributed by atoms with Gasteiger partial charge in [-0.25, -0.2) is 0 Å². The highest BCUT2D eigenvalue weighted by Crippen LogP contribution is 2.64. The van der Waals surface area contributed by atoms with Crippen LogP contribution < -0.4 is 4.90 Å². The van der Waals surface area contributed by atoms with Crippen molar-refractivity contribution in [2.75, 3.05) is 4.90 Å². The van der Waals surface area contributed by atoms with Crippen molar-refractivity contribution in [3.63, 3.8) is 0 Å². The normalized spacial score (nSPS) is 16.0. The van der Waals surface area contributed by atoms with Crippen molar-refractivity contribution >= 4 is 39.0 Å². The molecule has 0 amide bonds. The molecular weight excluding hydrogens is 727 g/mol. The third kappa shape index (κ3) is 4.32. The zero-order chi connectivity index (χ0) is 39.7. The SMILES string of the molecule is CC1(C)c2ccccc2-c2ccc(-c3ccc(N(c4ccccc4)c4ccc5c(c4)C4(c6ccccc6-5)c5ccccc5-c5c4ccc4c5oc5ccccc54)cc3)cc21. The van der Waals surface area contributed by atoms with Crippen molar-refractivity contribution in [1.29, 1.82) is 0 Å². The summed E-state index contributed by atoms with van der Waals surface area (Å²) in [4.78, 5) is 2.41. The predicted molar refractivity (Wildman–Crippen MR) is 248 cm³/mol. The van der Waals surface area contributed by atoms with Crippen molar-refractivity contribution < 1.29 is 4.42 Å². The fourth-order valence-corrected chi connectivity index (χ4v) is 11.2. The number of fused-ring (bicyclic) bond motifs is 17. The lowest BCUT2D eigenvalue weighted by atomic mass is 9.70. The van der Waals surface area contributed by atoms with Gasteiger partial charge in [-0.05, 0) is 121 Å². The van der Waals surface area contributed by atoms with Gasteiger partial charge in [0, 0.05) is 38.8 Å². The summed E-state index contributed by atoms with van der Waals surface area (Å²) in [6.07, 6.45) is 0. The van der Waals surface area contributed by atoms with Gasteiger partial charge in [0.1, 0.15) is 11.2 Å². The quantitative estimate of drug-likeness (QED) is 0.177. The first-order valence-electron chi connectivity index (χ1n) is 21.0. The molecule has 1 unspecified atom stereocenters. The van der Waals surface area contributed by atoms with Gasteiger partial charge in [-0.1, -0.05) is 166 Å². The molecule has 1 spiro atoms. The number of rotatable bonds is 4. The Bertz CT molecular complexity index is 3410. The Balaban J connectivity index is 0.986. The molecule has 2 heteroatoms. The topological polar surface area (TPSA) is 16.4 Å². The molecule has 60 heavy (non-hydrogen) atoms. The summed E-state index contributed by atoms with van der Waals surface area (Å²) in [5, 5.41) is 2.31. The second kappa shape index (κ2) is 12.1. The Kier molecular flexibility index (Phi) is 6.74. The van der Waals surface area contributed by atoms with Crippen LogP contribution in [-0.2, 0) is 10.8 Å². The van der Waals surface area contributed by atoms with E-state index in [1.54, 1.807) is 0 Å². The van der Waals surface area contributed by atoms with Crippen molar-refractivity contribution in [3.8, 4) is 44.5 Å². The van der Waals surface area contributed by atoms with E-state index in [0.717, 1.165) is 39.0 Å². The molecule has 13 rings (SSSR count). The number of furan rings is 1. The maximum atomic E-state index is 6.79. The maximum Gasteiger partial charge on any atom is 0.143 e. The van der Waals surface area contributed by atoms with E-state index in [0.29, 0.717) is 0 Å². The van der Waals surface area contributed by atoms with Gasteiger partial charge in [0.05, 0.1) is 5.41 Å². The van der Waals surface area contributed by atoms with Gasteiger partial charge in [-0.15, -0.1) is 0 Å². The van der Waals surface area contributed by atoms with Crippen molar-refractivity contribution in [2.24, 2.45) is 0 Å². The number of benzene rings is 9. The average molecular weight is 766 g/mol. The van der Waals surface area contributed by atoms with Crippen molar-refractivity contribution in [2.45, 2.75) is 24.7 Å². The van der Waals surface area contributed by atoms with E-state index >= 15 is 0 Å². The summed E-state index contributed by atoms with van der Waals surface area (Å²) in [5.41, 5.74) is 22.8. The molecule has 0 saturated heterocycles. The largest absolute Gasteiger partial charge is 0.455 e. The second-order valence-electron chi connectivity index (χ2n) is 17.2. The van der Waals surface area contributed by atoms with Crippen molar-refractivity contribution in [3.05, 3.63) is 234 Å². The molecule has 0 N–H and O–H groups in total. The minimum absolute atomic E-state index is 0.0466. The summed E-state index contributed by atoms with van der Waals surface area (Å²) in [5.74, 6) is 0. The molecule has 0 fully saturated rings. The maximum absolute atomic E-state index is 6.79. The lowest BCUT2D eigenvalue weighted by Gasteiger charge is -2.32. The molecular formula is C58H39NO. The predicted octanol–water partition coefficient (Wildman–Crippen LogP) is 15.4. The van der Waals surface area contributed by atoms with Crippen LogP contribution in [0.15, 0.2) is 205 Å². The van der Waals surface area contributed by atoms with E-state index in [1.807, 2.05) is 0 Å². The van der Waals surface area contributed by atoms with Crippen LogP contribution in [0, 0.1) is 0 Å². The Morgan fingerprint density at radius 3 is 1.73 bits per heavy atom. The molecule has 9 aromatic carbocycles. The second-order valence-corrected chi connectivity index (χ2v) is 17.2. The molecule has 3 aliphatic rings. The van der Waals surface area contributed by atoms with Crippen molar-refractivity contribution in [1.82, 2.24) is 0 Å². The first-order valence-corrected chi connectivity index (χ1v) is 21.0. The summed E-state index contributed by atoms with van der Waals surface area (Å²) in [6, 6.07) is 74.0. The molecule has 0 saturated carbocycles. The Morgan fingerprint density at radius 1 is 0.367 bits per heavy atom. The molecule has 10 aromatic rings. The molecule has 1 heterocycles. The van der Waals surface area contributed by atoms with E-state index in [9.17, 15) is 0 Å². The molecule has 1 aromatic heterocycles. The Hall–Kier alpha value is -7.42. The van der Waals surface area contributed by atoms with Crippen LogP contribution >= 0.6 is 0 Å². The highest BCUT2D eigenvalue weighted by Gasteiger charge is 2.52. The molecule has 1 atom stereocenters. The first kappa shape index (κ1) is 33.5. The third-order valence-corrected chi connectivity index (χ3v) is 13.9. The fraction of sp³-hybridized carbons (Fsp3) is 0.0690. The number of hydrogen-bond acceptors (Lipinski definition) is 2. The smallest absolute Gasteiger partial charge is 0.143 e. The van der Waals surface area contributed by atoms with Gasteiger partial charge in [-0.2, -0.15) is 0 Å². The highest BCUT2D eigenvalue weighted by atomic mass is 16.3. The van der Waals surface area contributed by atoms with Gasteiger partial charge in [0.25, 0.3) is 0 Å². The molecule has 0 aliphatic heterocycles. The van der Waals surface area contributed by atoms with Gasteiger partial charge in [0.15, 0.2) is 0 Å². The lowest BCUT2D eigenvalue weighted by molar-refractivity contribution is 0.660. The minimum Gasteiger partial charge on any atom is -0.455 e. The van der Waals surface area contributed by atoms with Gasteiger partial charge in [-0.3, -0.25) is 0 Å². The van der Waals surface area contributed by atoms with E-state index in [-0.39, 0.29) is 5.41 Å². The summed E-state index contributed by atoms with van der Waals surface area (Å²) in [6.45, 7) is 4.70. The zero-order valence-electron chi connectivity index (χ0n) is 33.4. The minimum atomic E-state index is -0.520. The Labute approximate surface area is 349 Å². The molecule has 0 bridgehead atoms. The molecule has 2 nitrogen and oxygen atoms in total. The van der Waals surface area contributed by atoms with Crippen LogP contribution in [-0.4, -0.2) is 0 Å². The molecule has 0 radical (unpaired) electrons. The number of anilines is 3. The monoisotopic (exact) mass is 765 g/mol. The van der Waals surface area contributed by atoms with Crippen LogP contribution in [0.3, 0.4) is 0 Å². The van der Waals surface area contributed by atoms with E-state index < -0.39 is 5.41 Å². The summed E-state index contributed by atoms with van der Waals surface area (Å²) in [7, 11) is 0.